The summed E-state index contributed by atoms with van der Waals surface area (Å²) in [7, 11) is -3.21. The van der Waals surface area contributed by atoms with Gasteiger partial charge < -0.3 is 4.90 Å². The van der Waals surface area contributed by atoms with Crippen molar-refractivity contribution in [1.29, 1.82) is 0 Å². The predicted octanol–water partition coefficient (Wildman–Crippen LogP) is 2.87. The Balaban J connectivity index is 2.68. The summed E-state index contributed by atoms with van der Waals surface area (Å²) >= 11 is 0. The van der Waals surface area contributed by atoms with Crippen LogP contribution in [0, 0.1) is 10.8 Å². The molecule has 2 rings (SSSR count). The first-order valence-corrected chi connectivity index (χ1v) is 7.55. The smallest absolute Gasteiger partial charge is 0.199 e. The Labute approximate surface area is 104 Å². The Morgan fingerprint density at radius 1 is 1.12 bits per heavy atom. The highest BCUT2D eigenvalue weighted by atomic mass is 32.2. The Hall–Kier alpha value is -0.770. The van der Waals surface area contributed by atoms with Gasteiger partial charge in [0.2, 0.25) is 0 Å². The molecule has 0 atom stereocenters. The van der Waals surface area contributed by atoms with Crippen LogP contribution in [0.2, 0.25) is 0 Å². The second-order valence-corrected chi connectivity index (χ2v) is 8.03. The Bertz CT molecular complexity index is 522. The SMILES string of the molecule is CC(C)N1C=CS(=O)(=O)C2=C1C(C)(C)C2(C)C. The van der Waals surface area contributed by atoms with Crippen LogP contribution < -0.4 is 0 Å². The molecule has 3 nitrogen and oxygen atoms in total. The van der Waals surface area contributed by atoms with Gasteiger partial charge in [-0.3, -0.25) is 0 Å². The van der Waals surface area contributed by atoms with Crippen molar-refractivity contribution in [2.24, 2.45) is 10.8 Å². The minimum atomic E-state index is -3.21. The fourth-order valence-electron chi connectivity index (χ4n) is 2.75. The first kappa shape index (κ1) is 12.7. The molecule has 17 heavy (non-hydrogen) atoms. The molecule has 0 saturated carbocycles. The van der Waals surface area contributed by atoms with E-state index in [9.17, 15) is 8.42 Å². The van der Waals surface area contributed by atoms with Gasteiger partial charge in [0.15, 0.2) is 9.84 Å². The van der Waals surface area contributed by atoms with E-state index in [-0.39, 0.29) is 16.9 Å². The number of hydrogen-bond acceptors (Lipinski definition) is 3. The third-order valence-corrected chi connectivity index (χ3v) is 6.19. The zero-order valence-corrected chi connectivity index (χ0v) is 12.2. The van der Waals surface area contributed by atoms with Crippen molar-refractivity contribution >= 4 is 9.84 Å². The topological polar surface area (TPSA) is 37.4 Å². The van der Waals surface area contributed by atoms with Crippen LogP contribution in [-0.2, 0) is 9.84 Å². The average Bonchev–Trinajstić information content (AvgIpc) is 2.14. The minimum Gasteiger partial charge on any atom is -0.347 e. The molecule has 0 saturated heterocycles. The lowest BCUT2D eigenvalue weighted by Gasteiger charge is -2.58. The molecule has 0 fully saturated rings. The van der Waals surface area contributed by atoms with Crippen molar-refractivity contribution in [2.45, 2.75) is 47.6 Å². The van der Waals surface area contributed by atoms with E-state index in [2.05, 4.69) is 32.6 Å². The van der Waals surface area contributed by atoms with Crippen LogP contribution in [0.3, 0.4) is 0 Å². The van der Waals surface area contributed by atoms with Crippen molar-refractivity contribution < 1.29 is 8.42 Å². The first-order valence-electron chi connectivity index (χ1n) is 6.00. The fraction of sp³-hybridized carbons (Fsp3) is 0.692. The van der Waals surface area contributed by atoms with Gasteiger partial charge in [0, 0.05) is 28.8 Å². The van der Waals surface area contributed by atoms with E-state index in [0.717, 1.165) is 5.70 Å². The molecular formula is C13H21NO2S. The number of allylic oxidation sites excluding steroid dienone is 2. The second kappa shape index (κ2) is 3.16. The molecule has 1 heterocycles. The van der Waals surface area contributed by atoms with E-state index in [4.69, 9.17) is 0 Å². The van der Waals surface area contributed by atoms with Crippen LogP contribution in [0.25, 0.3) is 0 Å². The van der Waals surface area contributed by atoms with Crippen LogP contribution in [-0.4, -0.2) is 19.4 Å². The molecular weight excluding hydrogens is 234 g/mol. The van der Waals surface area contributed by atoms with Crippen molar-refractivity contribution in [3.63, 3.8) is 0 Å². The Morgan fingerprint density at radius 2 is 1.65 bits per heavy atom. The number of nitrogens with zero attached hydrogens (tertiary/aromatic N) is 1. The van der Waals surface area contributed by atoms with Crippen molar-refractivity contribution in [1.82, 2.24) is 4.90 Å². The lowest BCUT2D eigenvalue weighted by atomic mass is 9.56. The highest BCUT2D eigenvalue weighted by Gasteiger charge is 2.60. The molecule has 0 amide bonds. The Kier molecular flexibility index (Phi) is 2.36. The summed E-state index contributed by atoms with van der Waals surface area (Å²) in [5, 5.41) is 1.34. The highest BCUT2D eigenvalue weighted by molar-refractivity contribution is 7.98. The summed E-state index contributed by atoms with van der Waals surface area (Å²) in [6, 6.07) is 0.280. The number of hydrogen-bond donors (Lipinski definition) is 0. The lowest BCUT2D eigenvalue weighted by molar-refractivity contribution is 0.0962. The van der Waals surface area contributed by atoms with Gasteiger partial charge in [0.1, 0.15) is 0 Å². The minimum absolute atomic E-state index is 0.107. The third kappa shape index (κ3) is 1.36. The van der Waals surface area contributed by atoms with E-state index in [1.165, 1.54) is 5.41 Å². The molecule has 1 aliphatic heterocycles. The maximum absolute atomic E-state index is 12.1. The van der Waals surface area contributed by atoms with Crippen LogP contribution in [0.4, 0.5) is 0 Å². The zero-order valence-electron chi connectivity index (χ0n) is 11.4. The third-order valence-electron chi connectivity index (χ3n) is 4.44. The molecule has 0 bridgehead atoms. The maximum atomic E-state index is 12.1. The Morgan fingerprint density at radius 3 is 2.12 bits per heavy atom. The summed E-state index contributed by atoms with van der Waals surface area (Å²) in [5.74, 6) is 0. The molecule has 0 unspecified atom stereocenters. The maximum Gasteiger partial charge on any atom is 0.199 e. The van der Waals surface area contributed by atoms with Crippen LogP contribution >= 0.6 is 0 Å². The van der Waals surface area contributed by atoms with E-state index in [1.807, 2.05) is 13.8 Å². The summed E-state index contributed by atoms with van der Waals surface area (Å²) in [6.07, 6.45) is 1.70. The highest BCUT2D eigenvalue weighted by Crippen LogP contribution is 2.64. The van der Waals surface area contributed by atoms with Gasteiger partial charge in [-0.25, -0.2) is 8.42 Å². The molecule has 2 aliphatic rings. The van der Waals surface area contributed by atoms with E-state index >= 15 is 0 Å². The molecule has 4 heteroatoms. The van der Waals surface area contributed by atoms with Crippen LogP contribution in [0.1, 0.15) is 41.5 Å². The van der Waals surface area contributed by atoms with Crippen molar-refractivity contribution in [2.75, 3.05) is 0 Å². The lowest BCUT2D eigenvalue weighted by Crippen LogP contribution is -2.55. The van der Waals surface area contributed by atoms with Gasteiger partial charge in [-0.15, -0.1) is 0 Å². The molecule has 1 aliphatic carbocycles. The van der Waals surface area contributed by atoms with Gasteiger partial charge >= 0.3 is 0 Å². The molecule has 0 N–H and O–H groups in total. The summed E-state index contributed by atoms with van der Waals surface area (Å²) < 4.78 is 24.3. The normalized spacial score (nSPS) is 28.1. The van der Waals surface area contributed by atoms with Gasteiger partial charge in [-0.05, 0) is 13.8 Å². The van der Waals surface area contributed by atoms with Crippen molar-refractivity contribution in [3.05, 3.63) is 22.2 Å². The van der Waals surface area contributed by atoms with Gasteiger partial charge in [-0.2, -0.15) is 0 Å². The number of rotatable bonds is 1. The fourth-order valence-corrected chi connectivity index (χ4v) is 4.77. The van der Waals surface area contributed by atoms with Crippen LogP contribution in [0.15, 0.2) is 22.2 Å². The van der Waals surface area contributed by atoms with E-state index in [1.54, 1.807) is 6.20 Å². The predicted molar refractivity (Wildman–Crippen MR) is 69.6 cm³/mol. The molecule has 0 spiro atoms. The largest absolute Gasteiger partial charge is 0.347 e. The first-order chi connectivity index (χ1) is 7.53. The quantitative estimate of drug-likeness (QED) is 0.723. The zero-order chi connectivity index (χ0) is 13.2. The molecule has 0 radical (unpaired) electrons. The van der Waals surface area contributed by atoms with Gasteiger partial charge in [-0.1, -0.05) is 27.7 Å². The molecule has 0 aromatic heterocycles. The standard InChI is InChI=1S/C13H21NO2S/c1-9(2)14-7-8-17(15,16)11-10(14)12(3,4)13(11,5)6/h7-9H,1-6H3. The molecule has 0 aromatic carbocycles. The summed E-state index contributed by atoms with van der Waals surface area (Å²) in [5.41, 5.74) is 0.573. The summed E-state index contributed by atoms with van der Waals surface area (Å²) in [6.45, 7) is 12.4. The van der Waals surface area contributed by atoms with Crippen LogP contribution in [0.5, 0.6) is 0 Å². The molecule has 96 valence electrons. The number of sulfone groups is 1. The summed E-state index contributed by atoms with van der Waals surface area (Å²) in [4.78, 5) is 2.69. The van der Waals surface area contributed by atoms with Gasteiger partial charge in [0.25, 0.3) is 0 Å². The second-order valence-electron chi connectivity index (χ2n) is 6.26. The van der Waals surface area contributed by atoms with E-state index in [0.29, 0.717) is 4.91 Å². The van der Waals surface area contributed by atoms with Gasteiger partial charge in [0.05, 0.1) is 10.3 Å². The molecule has 0 aromatic rings. The average molecular weight is 255 g/mol. The van der Waals surface area contributed by atoms with Crippen molar-refractivity contribution in [3.8, 4) is 0 Å². The van der Waals surface area contributed by atoms with E-state index < -0.39 is 9.84 Å². The monoisotopic (exact) mass is 255 g/mol.